The topological polar surface area (TPSA) is 48.6 Å². The number of furan rings is 1. The number of hydrogen-bond donors (Lipinski definition) is 2. The molecule has 0 spiro atoms. The Bertz CT molecular complexity index is 803. The van der Waals surface area contributed by atoms with Gasteiger partial charge in [0, 0.05) is 31.2 Å². The van der Waals surface area contributed by atoms with Crippen LogP contribution < -0.4 is 5.32 Å². The van der Waals surface area contributed by atoms with Gasteiger partial charge in [0.15, 0.2) is 0 Å². The van der Waals surface area contributed by atoms with Crippen LogP contribution in [0.5, 0.6) is 0 Å². The van der Waals surface area contributed by atoms with Gasteiger partial charge in [-0.15, -0.1) is 0 Å². The van der Waals surface area contributed by atoms with E-state index in [1.165, 1.54) is 5.56 Å². The fraction of sp³-hybridized carbons (Fsp3) is 0.238. The lowest BCUT2D eigenvalue weighted by Gasteiger charge is -2.20. The maximum atomic E-state index is 9.39. The van der Waals surface area contributed by atoms with Gasteiger partial charge in [0.25, 0.3) is 0 Å². The van der Waals surface area contributed by atoms with Gasteiger partial charge in [0.05, 0.1) is 13.2 Å². The van der Waals surface area contributed by atoms with Crippen LogP contribution in [-0.2, 0) is 13.1 Å². The third-order valence-electron chi connectivity index (χ3n) is 4.28. The molecule has 0 bridgehead atoms. The third-order valence-corrected chi connectivity index (χ3v) is 4.28. The highest BCUT2D eigenvalue weighted by atomic mass is 16.3. The van der Waals surface area contributed by atoms with Gasteiger partial charge in [0.1, 0.15) is 11.3 Å². The molecule has 0 unspecified atom stereocenters. The molecule has 0 aliphatic carbocycles. The van der Waals surface area contributed by atoms with E-state index in [2.05, 4.69) is 47.1 Å². The Labute approximate surface area is 148 Å². The van der Waals surface area contributed by atoms with Gasteiger partial charge in [0.2, 0.25) is 0 Å². The number of nitrogens with zero attached hydrogens (tertiary/aromatic N) is 1. The summed E-state index contributed by atoms with van der Waals surface area (Å²) >= 11 is 0. The van der Waals surface area contributed by atoms with Crippen LogP contribution in [-0.4, -0.2) is 30.2 Å². The molecule has 1 heterocycles. The van der Waals surface area contributed by atoms with Crippen molar-refractivity contribution in [1.29, 1.82) is 0 Å². The van der Waals surface area contributed by atoms with Crippen molar-refractivity contribution in [3.05, 3.63) is 78.1 Å². The van der Waals surface area contributed by atoms with Gasteiger partial charge < -0.3 is 14.8 Å². The lowest BCUT2D eigenvalue weighted by molar-refractivity contribution is 0.176. The number of para-hydroxylation sites is 1. The Morgan fingerprint density at radius 1 is 1.12 bits per heavy atom. The van der Waals surface area contributed by atoms with E-state index < -0.39 is 0 Å². The van der Waals surface area contributed by atoms with E-state index >= 15 is 0 Å². The van der Waals surface area contributed by atoms with Crippen molar-refractivity contribution in [1.82, 2.24) is 10.2 Å². The number of benzene rings is 2. The molecular formula is C21H24N2O2. The lowest BCUT2D eigenvalue weighted by Crippen LogP contribution is -2.25. The summed E-state index contributed by atoms with van der Waals surface area (Å²) in [4.78, 5) is 2.18. The number of hydrogen-bond acceptors (Lipinski definition) is 4. The quantitative estimate of drug-likeness (QED) is 0.660. The summed E-state index contributed by atoms with van der Waals surface area (Å²) in [5, 5.41) is 13.6. The molecule has 3 rings (SSSR count). The summed E-state index contributed by atoms with van der Waals surface area (Å²) in [6.45, 7) is 6.11. The highest BCUT2D eigenvalue weighted by Crippen LogP contribution is 2.21. The molecule has 0 atom stereocenters. The maximum absolute atomic E-state index is 9.39. The number of fused-ring (bicyclic) bond motifs is 1. The zero-order valence-corrected chi connectivity index (χ0v) is 14.5. The highest BCUT2D eigenvalue weighted by molar-refractivity contribution is 5.77. The van der Waals surface area contributed by atoms with Crippen LogP contribution in [0.1, 0.15) is 16.9 Å². The molecule has 2 aromatic carbocycles. The summed E-state index contributed by atoms with van der Waals surface area (Å²) in [5.74, 6) is 0.912. The monoisotopic (exact) mass is 336 g/mol. The summed E-state index contributed by atoms with van der Waals surface area (Å²) in [7, 11) is 1.87. The Morgan fingerprint density at radius 2 is 1.88 bits per heavy atom. The van der Waals surface area contributed by atoms with Crippen molar-refractivity contribution in [2.24, 2.45) is 0 Å². The Balaban J connectivity index is 1.71. The smallest absolute Gasteiger partial charge is 0.134 e. The number of aliphatic hydroxyl groups is 1. The third kappa shape index (κ3) is 4.29. The molecule has 130 valence electrons. The van der Waals surface area contributed by atoms with E-state index in [-0.39, 0.29) is 6.61 Å². The van der Waals surface area contributed by atoms with Crippen molar-refractivity contribution in [2.45, 2.75) is 13.1 Å². The van der Waals surface area contributed by atoms with Crippen LogP contribution in [0.3, 0.4) is 0 Å². The van der Waals surface area contributed by atoms with E-state index in [4.69, 9.17) is 4.42 Å². The molecule has 2 N–H and O–H groups in total. The molecule has 3 aromatic rings. The Morgan fingerprint density at radius 3 is 2.56 bits per heavy atom. The number of rotatable bonds is 8. The molecule has 1 aromatic heterocycles. The van der Waals surface area contributed by atoms with Crippen molar-refractivity contribution in [3.63, 3.8) is 0 Å². The molecule has 4 heteroatoms. The van der Waals surface area contributed by atoms with Crippen LogP contribution in [0.25, 0.3) is 16.7 Å². The molecule has 0 aliphatic rings. The SMILES string of the molecule is C=C(NC)c1ccc(CN(CCO)Cc2cc3ccccc3o2)cc1. The van der Waals surface area contributed by atoms with Crippen LogP contribution in [0.15, 0.2) is 65.6 Å². The van der Waals surface area contributed by atoms with Crippen molar-refractivity contribution in [2.75, 3.05) is 20.2 Å². The average molecular weight is 336 g/mol. The second-order valence-electron chi connectivity index (χ2n) is 6.11. The molecule has 0 saturated heterocycles. The predicted octanol–water partition coefficient (Wildman–Crippen LogP) is 3.62. The fourth-order valence-electron chi connectivity index (χ4n) is 2.90. The van der Waals surface area contributed by atoms with Crippen molar-refractivity contribution >= 4 is 16.7 Å². The summed E-state index contributed by atoms with van der Waals surface area (Å²) in [6.07, 6.45) is 0. The Hall–Kier alpha value is -2.56. The van der Waals surface area contributed by atoms with Crippen molar-refractivity contribution in [3.8, 4) is 0 Å². The Kier molecular flexibility index (Phi) is 5.53. The maximum Gasteiger partial charge on any atom is 0.134 e. The van der Waals surface area contributed by atoms with Crippen LogP contribution in [0, 0.1) is 0 Å². The number of aliphatic hydroxyl groups excluding tert-OH is 1. The van der Waals surface area contributed by atoms with Gasteiger partial charge >= 0.3 is 0 Å². The van der Waals surface area contributed by atoms with E-state index in [9.17, 15) is 5.11 Å². The van der Waals surface area contributed by atoms with Gasteiger partial charge in [-0.25, -0.2) is 0 Å². The molecular weight excluding hydrogens is 312 g/mol. The predicted molar refractivity (Wildman–Crippen MR) is 102 cm³/mol. The first kappa shape index (κ1) is 17.3. The standard InChI is InChI=1S/C21H24N2O2/c1-16(22-2)18-9-7-17(8-10-18)14-23(11-12-24)15-20-13-19-5-3-4-6-21(19)25-20/h3-10,13,22,24H,1,11-12,14-15H2,2H3. The average Bonchev–Trinajstić information content (AvgIpc) is 3.04. The summed E-state index contributed by atoms with van der Waals surface area (Å²) in [6, 6.07) is 18.4. The van der Waals surface area contributed by atoms with Gasteiger partial charge in [-0.3, -0.25) is 4.90 Å². The lowest BCUT2D eigenvalue weighted by atomic mass is 10.1. The largest absolute Gasteiger partial charge is 0.460 e. The first-order valence-electron chi connectivity index (χ1n) is 8.46. The highest BCUT2D eigenvalue weighted by Gasteiger charge is 2.11. The fourth-order valence-corrected chi connectivity index (χ4v) is 2.90. The molecule has 0 amide bonds. The molecule has 0 fully saturated rings. The zero-order valence-electron chi connectivity index (χ0n) is 14.5. The number of nitrogens with one attached hydrogen (secondary N) is 1. The second-order valence-corrected chi connectivity index (χ2v) is 6.11. The molecule has 0 aliphatic heterocycles. The zero-order chi connectivity index (χ0) is 17.6. The van der Waals surface area contributed by atoms with Crippen LogP contribution in [0.2, 0.25) is 0 Å². The van der Waals surface area contributed by atoms with E-state index in [0.29, 0.717) is 13.1 Å². The van der Waals surface area contributed by atoms with Crippen LogP contribution in [0.4, 0.5) is 0 Å². The molecule has 0 radical (unpaired) electrons. The minimum atomic E-state index is 0.120. The first-order valence-corrected chi connectivity index (χ1v) is 8.46. The summed E-state index contributed by atoms with van der Waals surface area (Å²) < 4.78 is 5.90. The van der Waals surface area contributed by atoms with Crippen molar-refractivity contribution < 1.29 is 9.52 Å². The first-order chi connectivity index (χ1) is 12.2. The second kappa shape index (κ2) is 8.01. The van der Waals surface area contributed by atoms with Crippen LogP contribution >= 0.6 is 0 Å². The normalized spacial score (nSPS) is 11.2. The van der Waals surface area contributed by atoms with Gasteiger partial charge in [-0.05, 0) is 23.3 Å². The van der Waals surface area contributed by atoms with E-state index in [0.717, 1.165) is 34.5 Å². The van der Waals surface area contributed by atoms with Gasteiger partial charge in [-0.1, -0.05) is 49.0 Å². The summed E-state index contributed by atoms with van der Waals surface area (Å²) in [5.41, 5.74) is 4.08. The minimum Gasteiger partial charge on any atom is -0.460 e. The van der Waals surface area contributed by atoms with E-state index in [1.807, 2.05) is 31.3 Å². The molecule has 25 heavy (non-hydrogen) atoms. The molecule has 4 nitrogen and oxygen atoms in total. The van der Waals surface area contributed by atoms with E-state index in [1.54, 1.807) is 0 Å². The molecule has 0 saturated carbocycles. The van der Waals surface area contributed by atoms with Gasteiger partial charge in [-0.2, -0.15) is 0 Å². The minimum absolute atomic E-state index is 0.120.